The lowest BCUT2D eigenvalue weighted by Crippen LogP contribution is -2.42. The molecule has 6 rings (SSSR count). The molecular formula is C33H37N5O7S. The smallest absolute Gasteiger partial charge is 0.328 e. The minimum atomic E-state index is -3.72. The van der Waals surface area contributed by atoms with Gasteiger partial charge in [0.05, 0.1) is 11.9 Å². The van der Waals surface area contributed by atoms with Crippen molar-refractivity contribution in [3.05, 3.63) is 89.4 Å². The maximum absolute atomic E-state index is 12.5. The first kappa shape index (κ1) is 32.9. The van der Waals surface area contributed by atoms with E-state index in [2.05, 4.69) is 57.1 Å². The monoisotopic (exact) mass is 647 g/mol. The molecule has 3 N–H and O–H groups in total. The molecule has 4 atom stereocenters. The molecule has 242 valence electrons. The van der Waals surface area contributed by atoms with Gasteiger partial charge in [-0.05, 0) is 66.3 Å². The van der Waals surface area contributed by atoms with Crippen molar-refractivity contribution < 1.29 is 33.0 Å². The zero-order valence-corrected chi connectivity index (χ0v) is 26.3. The highest BCUT2D eigenvalue weighted by molar-refractivity contribution is 7.89. The Bertz CT molecular complexity index is 1720. The second-order valence-corrected chi connectivity index (χ2v) is 13.6. The highest BCUT2D eigenvalue weighted by Gasteiger charge is 2.48. The summed E-state index contributed by atoms with van der Waals surface area (Å²) in [4.78, 5) is 25.7. The molecule has 0 amide bonds. The molecule has 1 aromatic heterocycles. The zero-order valence-electron chi connectivity index (χ0n) is 25.4. The summed E-state index contributed by atoms with van der Waals surface area (Å²) in [6, 6.07) is 17.4. The number of hydrogen-bond donors (Lipinski definition) is 3. The van der Waals surface area contributed by atoms with Crippen LogP contribution in [0.2, 0.25) is 0 Å². The number of benzene rings is 2. The van der Waals surface area contributed by atoms with Crippen LogP contribution in [0.3, 0.4) is 0 Å². The number of ether oxygens (including phenoxy) is 1. The summed E-state index contributed by atoms with van der Waals surface area (Å²) < 4.78 is 35.1. The van der Waals surface area contributed by atoms with E-state index in [4.69, 9.17) is 14.9 Å². The highest BCUT2D eigenvalue weighted by Crippen LogP contribution is 2.49. The van der Waals surface area contributed by atoms with Crippen LogP contribution in [-0.4, -0.2) is 77.3 Å². The number of likely N-dealkylation sites (tertiary alicyclic amines) is 1. The number of fused-ring (bicyclic) bond motifs is 2. The molecule has 3 aliphatic rings. The minimum absolute atomic E-state index is 0.0270. The van der Waals surface area contributed by atoms with Crippen molar-refractivity contribution in [1.82, 2.24) is 19.2 Å². The summed E-state index contributed by atoms with van der Waals surface area (Å²) >= 11 is 0. The first-order valence-corrected chi connectivity index (χ1v) is 16.6. The van der Waals surface area contributed by atoms with Crippen LogP contribution in [-0.2, 0) is 39.5 Å². The van der Waals surface area contributed by atoms with Crippen LogP contribution < -0.4 is 9.46 Å². The Morgan fingerprint density at radius 2 is 1.83 bits per heavy atom. The maximum Gasteiger partial charge on any atom is 0.328 e. The summed E-state index contributed by atoms with van der Waals surface area (Å²) in [6.45, 7) is 2.59. The number of carboxylic acid groups (broad SMARTS) is 2. The zero-order chi connectivity index (χ0) is 32.8. The van der Waals surface area contributed by atoms with Crippen molar-refractivity contribution in [3.63, 3.8) is 0 Å². The standard InChI is InChI=1S/C29H33N5O3S.C4H4O4/c1-33-18-29(31-19-33)38(35,36)32-9-10-37-28-14-25-21(12-22(28)15-30)7-8-27(34-16-23-13-24(23)17-34)26(25)11-20-5-3-2-4-6-20;5-3(6)1-2-4(7)8/h2-6,12,14,18-19,23-24,26-27,32H,7-11,13,16-17H2,1H3;1-2H,(H,5,6)(H,7,8)/b;2-1+. The molecule has 12 nitrogen and oxygen atoms in total. The van der Waals surface area contributed by atoms with E-state index in [-0.39, 0.29) is 18.2 Å². The fourth-order valence-electron chi connectivity index (χ4n) is 6.46. The second kappa shape index (κ2) is 14.3. The Balaban J connectivity index is 0.000000463. The topological polar surface area (TPSA) is 175 Å². The van der Waals surface area contributed by atoms with E-state index in [1.54, 1.807) is 11.6 Å². The SMILES string of the molecule is Cn1cnc(S(=O)(=O)NCCOc2cc3c(cc2C#N)CCC(N2CC4CC4C2)C3Cc2ccccc2)c1.O=C(O)/C=C/C(=O)O. The van der Waals surface area contributed by atoms with Crippen molar-refractivity contribution >= 4 is 22.0 Å². The molecule has 2 fully saturated rings. The molecule has 2 aliphatic carbocycles. The van der Waals surface area contributed by atoms with Gasteiger partial charge in [-0.25, -0.2) is 27.7 Å². The van der Waals surface area contributed by atoms with Gasteiger partial charge in [-0.1, -0.05) is 30.3 Å². The molecular weight excluding hydrogens is 610 g/mol. The van der Waals surface area contributed by atoms with Crippen molar-refractivity contribution in [2.75, 3.05) is 26.2 Å². The van der Waals surface area contributed by atoms with Crippen LogP contribution in [0.5, 0.6) is 5.75 Å². The minimum Gasteiger partial charge on any atom is -0.491 e. The number of rotatable bonds is 11. The number of carboxylic acids is 2. The van der Waals surface area contributed by atoms with Gasteiger partial charge in [-0.3, -0.25) is 4.90 Å². The van der Waals surface area contributed by atoms with Crippen LogP contribution in [0.25, 0.3) is 0 Å². The Hall–Kier alpha value is -4.51. The van der Waals surface area contributed by atoms with Gasteiger partial charge in [0.25, 0.3) is 10.0 Å². The Labute approximate surface area is 268 Å². The number of hydrogen-bond acceptors (Lipinski definition) is 8. The number of aliphatic carboxylic acids is 2. The van der Waals surface area contributed by atoms with E-state index in [0.29, 0.717) is 35.4 Å². The summed E-state index contributed by atoms with van der Waals surface area (Å²) in [5, 5.41) is 25.5. The molecule has 1 saturated carbocycles. The van der Waals surface area contributed by atoms with Crippen LogP contribution in [0.4, 0.5) is 0 Å². The van der Waals surface area contributed by atoms with E-state index in [1.807, 2.05) is 6.07 Å². The van der Waals surface area contributed by atoms with Crippen molar-refractivity contribution in [3.8, 4) is 11.8 Å². The van der Waals surface area contributed by atoms with Crippen LogP contribution in [0, 0.1) is 23.2 Å². The fourth-order valence-corrected chi connectivity index (χ4v) is 7.45. The third-order valence-corrected chi connectivity index (χ3v) is 10.0. The molecule has 1 aliphatic heterocycles. The number of imidazole rings is 1. The van der Waals surface area contributed by atoms with Crippen molar-refractivity contribution in [2.45, 2.75) is 42.7 Å². The van der Waals surface area contributed by atoms with Crippen LogP contribution in [0.1, 0.15) is 41.0 Å². The molecule has 2 heterocycles. The molecule has 0 spiro atoms. The predicted octanol–water partition coefficient (Wildman–Crippen LogP) is 2.95. The van der Waals surface area contributed by atoms with E-state index in [9.17, 15) is 23.3 Å². The molecule has 2 aromatic carbocycles. The van der Waals surface area contributed by atoms with E-state index in [0.717, 1.165) is 31.1 Å². The van der Waals surface area contributed by atoms with Gasteiger partial charge < -0.3 is 19.5 Å². The highest BCUT2D eigenvalue weighted by atomic mass is 32.2. The van der Waals surface area contributed by atoms with Gasteiger partial charge in [0, 0.05) is 57.0 Å². The van der Waals surface area contributed by atoms with Gasteiger partial charge in [-0.2, -0.15) is 5.26 Å². The Kier molecular flexibility index (Phi) is 10.2. The average Bonchev–Trinajstić information content (AvgIpc) is 3.38. The number of nitriles is 1. The van der Waals surface area contributed by atoms with E-state index < -0.39 is 22.0 Å². The number of carbonyl (C=O) groups is 2. The Morgan fingerprint density at radius 1 is 1.13 bits per heavy atom. The molecule has 0 radical (unpaired) electrons. The molecule has 13 heteroatoms. The van der Waals surface area contributed by atoms with Crippen molar-refractivity contribution in [1.29, 1.82) is 5.26 Å². The van der Waals surface area contributed by atoms with Gasteiger partial charge in [0.15, 0.2) is 5.03 Å². The van der Waals surface area contributed by atoms with Gasteiger partial charge in [-0.15, -0.1) is 0 Å². The lowest BCUT2D eigenvalue weighted by atomic mass is 9.75. The van der Waals surface area contributed by atoms with Crippen molar-refractivity contribution in [2.24, 2.45) is 18.9 Å². The molecule has 3 aromatic rings. The first-order valence-electron chi connectivity index (χ1n) is 15.1. The fraction of sp³-hybridized carbons (Fsp3) is 0.394. The van der Waals surface area contributed by atoms with E-state index >= 15 is 0 Å². The Morgan fingerprint density at radius 3 is 2.43 bits per heavy atom. The number of aromatic nitrogens is 2. The summed E-state index contributed by atoms with van der Waals surface area (Å²) in [5.74, 6) is 0.0782. The predicted molar refractivity (Wildman–Crippen MR) is 168 cm³/mol. The normalized spacial score (nSPS) is 21.8. The third-order valence-electron chi connectivity index (χ3n) is 8.69. The molecule has 1 saturated heterocycles. The van der Waals surface area contributed by atoms with Crippen LogP contribution in [0.15, 0.2) is 72.2 Å². The maximum atomic E-state index is 12.5. The second-order valence-electron chi connectivity index (χ2n) is 11.9. The molecule has 0 bridgehead atoms. The number of sulfonamides is 1. The summed E-state index contributed by atoms with van der Waals surface area (Å²) in [6.07, 6.45) is 8.40. The van der Waals surface area contributed by atoms with E-state index in [1.165, 1.54) is 48.7 Å². The van der Waals surface area contributed by atoms with Gasteiger partial charge >= 0.3 is 11.9 Å². The first-order chi connectivity index (χ1) is 22.0. The number of aryl methyl sites for hydroxylation is 2. The van der Waals surface area contributed by atoms with Gasteiger partial charge in [0.2, 0.25) is 0 Å². The molecule has 46 heavy (non-hydrogen) atoms. The third kappa shape index (κ3) is 8.20. The quantitative estimate of drug-likeness (QED) is 0.207. The average molecular weight is 648 g/mol. The summed E-state index contributed by atoms with van der Waals surface area (Å²) in [7, 11) is -2.00. The van der Waals surface area contributed by atoms with Gasteiger partial charge in [0.1, 0.15) is 18.4 Å². The molecule has 4 unspecified atom stereocenters. The van der Waals surface area contributed by atoms with Crippen LogP contribution >= 0.6 is 0 Å². The largest absolute Gasteiger partial charge is 0.491 e. The summed E-state index contributed by atoms with van der Waals surface area (Å²) in [5.41, 5.74) is 4.30. The lowest BCUT2D eigenvalue weighted by Gasteiger charge is -2.40. The number of nitrogens with zero attached hydrogens (tertiary/aromatic N) is 4. The number of piperidine rings is 1. The lowest BCUT2D eigenvalue weighted by molar-refractivity contribution is -0.134. The number of nitrogens with one attached hydrogen (secondary N) is 1.